The maximum Gasteiger partial charge on any atom is 0.123 e. The number of phenols is 2. The van der Waals surface area contributed by atoms with Crippen molar-refractivity contribution >= 4 is 32.3 Å². The molecule has 0 aliphatic rings. The highest BCUT2D eigenvalue weighted by Gasteiger charge is 1.95. The van der Waals surface area contributed by atoms with Crippen LogP contribution in [0.2, 0.25) is 0 Å². The molecule has 0 aliphatic carbocycles. The molecule has 32 heavy (non-hydrogen) atoms. The monoisotopic (exact) mass is 416 g/mol. The predicted molar refractivity (Wildman–Crippen MR) is 135 cm³/mol. The summed E-state index contributed by atoms with van der Waals surface area (Å²) in [4.78, 5) is 0. The Bertz CT molecular complexity index is 1300. The number of phenolic OH excluding ortho intramolecular Hbond substituents is 2. The zero-order chi connectivity index (χ0) is 22.2. The molecule has 2 nitrogen and oxygen atoms in total. The van der Waals surface area contributed by atoms with E-state index in [1.807, 2.05) is 72.8 Å². The Morgan fingerprint density at radius 3 is 0.906 bits per heavy atom. The number of fused-ring (bicyclic) bond motifs is 3. The van der Waals surface area contributed by atoms with E-state index < -0.39 is 0 Å². The molecular weight excluding hydrogens is 392 g/mol. The Hall–Kier alpha value is -4.30. The van der Waals surface area contributed by atoms with Crippen LogP contribution in [0.3, 0.4) is 0 Å². The quantitative estimate of drug-likeness (QED) is 0.264. The SMILES string of the molecule is Oc1cccc2ccccc12.Oc1cccc2ccccc12.c1ccc2ccccc2c1. The second kappa shape index (κ2) is 10.1. The fourth-order valence-corrected chi connectivity index (χ4v) is 3.55. The lowest BCUT2D eigenvalue weighted by atomic mass is 10.1. The third-order valence-electron chi connectivity index (χ3n) is 5.19. The van der Waals surface area contributed by atoms with E-state index in [4.69, 9.17) is 0 Å². The van der Waals surface area contributed by atoms with Gasteiger partial charge in [-0.2, -0.15) is 0 Å². The molecule has 0 bridgehead atoms. The molecule has 0 atom stereocenters. The average molecular weight is 417 g/mol. The van der Waals surface area contributed by atoms with E-state index in [9.17, 15) is 10.2 Å². The number of hydrogen-bond donors (Lipinski definition) is 2. The molecule has 0 amide bonds. The van der Waals surface area contributed by atoms with E-state index in [-0.39, 0.29) is 0 Å². The summed E-state index contributed by atoms with van der Waals surface area (Å²) >= 11 is 0. The van der Waals surface area contributed by atoms with Crippen LogP contribution < -0.4 is 0 Å². The number of aromatic hydroxyl groups is 2. The summed E-state index contributed by atoms with van der Waals surface area (Å²) in [6, 6.07) is 43.3. The molecule has 0 spiro atoms. The van der Waals surface area contributed by atoms with Gasteiger partial charge in [-0.3, -0.25) is 0 Å². The van der Waals surface area contributed by atoms with Crippen molar-refractivity contribution in [1.29, 1.82) is 0 Å². The number of benzene rings is 6. The highest BCUT2D eigenvalue weighted by molar-refractivity contribution is 5.88. The number of hydrogen-bond acceptors (Lipinski definition) is 2. The zero-order valence-corrected chi connectivity index (χ0v) is 17.6. The van der Waals surface area contributed by atoms with Crippen molar-refractivity contribution in [2.24, 2.45) is 0 Å². The maximum absolute atomic E-state index is 9.37. The average Bonchev–Trinajstić information content (AvgIpc) is 2.86. The van der Waals surface area contributed by atoms with Gasteiger partial charge >= 0.3 is 0 Å². The normalized spacial score (nSPS) is 10.1. The molecular formula is C30H24O2. The van der Waals surface area contributed by atoms with Crippen LogP contribution in [-0.4, -0.2) is 10.2 Å². The maximum atomic E-state index is 9.37. The lowest BCUT2D eigenvalue weighted by Gasteiger charge is -1.97. The summed E-state index contributed by atoms with van der Waals surface area (Å²) in [5.41, 5.74) is 0. The van der Waals surface area contributed by atoms with E-state index in [0.29, 0.717) is 11.5 Å². The number of rotatable bonds is 0. The second-order valence-electron chi connectivity index (χ2n) is 7.34. The van der Waals surface area contributed by atoms with Crippen molar-refractivity contribution in [2.45, 2.75) is 0 Å². The van der Waals surface area contributed by atoms with Crippen molar-refractivity contribution in [3.05, 3.63) is 133 Å². The highest BCUT2D eigenvalue weighted by Crippen LogP contribution is 2.23. The topological polar surface area (TPSA) is 40.5 Å². The van der Waals surface area contributed by atoms with Crippen LogP contribution >= 0.6 is 0 Å². The molecule has 156 valence electrons. The van der Waals surface area contributed by atoms with Crippen LogP contribution in [0, 0.1) is 0 Å². The van der Waals surface area contributed by atoms with Gasteiger partial charge in [0.15, 0.2) is 0 Å². The van der Waals surface area contributed by atoms with Crippen LogP contribution in [0.5, 0.6) is 11.5 Å². The van der Waals surface area contributed by atoms with Crippen molar-refractivity contribution in [3.8, 4) is 11.5 Å². The summed E-state index contributed by atoms with van der Waals surface area (Å²) in [5.74, 6) is 0.700. The molecule has 0 heterocycles. The third-order valence-corrected chi connectivity index (χ3v) is 5.19. The molecule has 0 aliphatic heterocycles. The van der Waals surface area contributed by atoms with Crippen LogP contribution in [0.1, 0.15) is 0 Å². The largest absolute Gasteiger partial charge is 0.507 e. The van der Waals surface area contributed by atoms with E-state index in [1.54, 1.807) is 12.1 Å². The molecule has 0 aromatic heterocycles. The zero-order valence-electron chi connectivity index (χ0n) is 17.6. The van der Waals surface area contributed by atoms with Crippen LogP contribution in [0.15, 0.2) is 133 Å². The smallest absolute Gasteiger partial charge is 0.123 e. The van der Waals surface area contributed by atoms with Crippen molar-refractivity contribution in [1.82, 2.24) is 0 Å². The van der Waals surface area contributed by atoms with Crippen molar-refractivity contribution < 1.29 is 10.2 Å². The first kappa shape index (κ1) is 21.0. The summed E-state index contributed by atoms with van der Waals surface area (Å²) in [6.07, 6.45) is 0. The first-order valence-corrected chi connectivity index (χ1v) is 10.5. The Morgan fingerprint density at radius 2 is 0.562 bits per heavy atom. The van der Waals surface area contributed by atoms with Crippen LogP contribution in [-0.2, 0) is 0 Å². The van der Waals surface area contributed by atoms with Gasteiger partial charge < -0.3 is 10.2 Å². The van der Waals surface area contributed by atoms with Gasteiger partial charge in [0, 0.05) is 10.8 Å². The Kier molecular flexibility index (Phi) is 6.64. The molecule has 2 heteroatoms. The Labute approximate surface area is 187 Å². The molecule has 0 unspecified atom stereocenters. The fourth-order valence-electron chi connectivity index (χ4n) is 3.55. The minimum absolute atomic E-state index is 0.350. The Morgan fingerprint density at radius 1 is 0.281 bits per heavy atom. The molecule has 0 saturated carbocycles. The van der Waals surface area contributed by atoms with Gasteiger partial charge in [-0.15, -0.1) is 0 Å². The minimum atomic E-state index is 0.350. The van der Waals surface area contributed by atoms with E-state index in [0.717, 1.165) is 21.5 Å². The Balaban J connectivity index is 0.000000115. The molecule has 6 aromatic carbocycles. The molecule has 0 saturated heterocycles. The van der Waals surface area contributed by atoms with Gasteiger partial charge in [-0.1, -0.05) is 121 Å². The summed E-state index contributed by atoms with van der Waals surface area (Å²) in [7, 11) is 0. The highest BCUT2D eigenvalue weighted by atomic mass is 16.3. The summed E-state index contributed by atoms with van der Waals surface area (Å²) in [5, 5.41) is 25.3. The second-order valence-corrected chi connectivity index (χ2v) is 7.34. The van der Waals surface area contributed by atoms with Gasteiger partial charge in [0.25, 0.3) is 0 Å². The van der Waals surface area contributed by atoms with Gasteiger partial charge in [0.1, 0.15) is 11.5 Å². The molecule has 0 radical (unpaired) electrons. The molecule has 0 fully saturated rings. The van der Waals surface area contributed by atoms with Crippen molar-refractivity contribution in [3.63, 3.8) is 0 Å². The first-order valence-electron chi connectivity index (χ1n) is 10.5. The predicted octanol–water partition coefficient (Wildman–Crippen LogP) is 7.93. The lowest BCUT2D eigenvalue weighted by Crippen LogP contribution is -1.70. The summed E-state index contributed by atoms with van der Waals surface area (Å²) in [6.45, 7) is 0. The molecule has 2 N–H and O–H groups in total. The minimum Gasteiger partial charge on any atom is -0.507 e. The standard InChI is InChI=1S/2C10H8O.C10H8/c2*11-10-7-3-5-8-4-1-2-6-9(8)10;1-2-6-10-8-4-3-7-9(10)5-1/h2*1-7,11H;1-8H. The third kappa shape index (κ3) is 5.05. The first-order chi connectivity index (χ1) is 15.7. The van der Waals surface area contributed by atoms with Crippen molar-refractivity contribution in [2.75, 3.05) is 0 Å². The van der Waals surface area contributed by atoms with Gasteiger partial charge in [-0.25, -0.2) is 0 Å². The molecule has 6 rings (SSSR count). The van der Waals surface area contributed by atoms with Gasteiger partial charge in [0.05, 0.1) is 0 Å². The molecule has 6 aromatic rings. The van der Waals surface area contributed by atoms with Gasteiger partial charge in [0.2, 0.25) is 0 Å². The van der Waals surface area contributed by atoms with Gasteiger partial charge in [-0.05, 0) is 33.7 Å². The summed E-state index contributed by atoms with van der Waals surface area (Å²) < 4.78 is 0. The van der Waals surface area contributed by atoms with E-state index >= 15 is 0 Å². The van der Waals surface area contributed by atoms with E-state index in [2.05, 4.69) is 48.5 Å². The van der Waals surface area contributed by atoms with E-state index in [1.165, 1.54) is 10.8 Å². The lowest BCUT2D eigenvalue weighted by molar-refractivity contribution is 0.481. The fraction of sp³-hybridized carbons (Fsp3) is 0. The van der Waals surface area contributed by atoms with Crippen LogP contribution in [0.25, 0.3) is 32.3 Å². The van der Waals surface area contributed by atoms with Crippen LogP contribution in [0.4, 0.5) is 0 Å².